The maximum absolute atomic E-state index is 11.4. The van der Waals surface area contributed by atoms with Gasteiger partial charge in [0.15, 0.2) is 6.61 Å². The molecule has 0 heterocycles. The first-order chi connectivity index (χ1) is 7.59. The molecule has 1 amide bonds. The molecule has 0 spiro atoms. The van der Waals surface area contributed by atoms with E-state index in [4.69, 9.17) is 16.3 Å². The number of carbonyl (C=O) groups excluding carboxylic acids is 1. The summed E-state index contributed by atoms with van der Waals surface area (Å²) in [5.41, 5.74) is 0. The van der Waals surface area contributed by atoms with Gasteiger partial charge in [-0.3, -0.25) is 4.79 Å². The van der Waals surface area contributed by atoms with Gasteiger partial charge in [0.1, 0.15) is 5.75 Å². The fraction of sp³-hybridized carbons (Fsp3) is 0.417. The molecule has 3 nitrogen and oxygen atoms in total. The summed E-state index contributed by atoms with van der Waals surface area (Å²) in [7, 11) is 0. The molecule has 4 heteroatoms. The number of benzene rings is 1. The lowest BCUT2D eigenvalue weighted by Crippen LogP contribution is -2.31. The lowest BCUT2D eigenvalue weighted by Gasteiger charge is -2.09. The fourth-order valence-corrected chi connectivity index (χ4v) is 1.26. The van der Waals surface area contributed by atoms with Crippen molar-refractivity contribution in [2.24, 2.45) is 5.92 Å². The number of ether oxygens (including phenoxy) is 1. The topological polar surface area (TPSA) is 38.3 Å². The van der Waals surface area contributed by atoms with Crippen LogP contribution in [0.3, 0.4) is 0 Å². The average Bonchev–Trinajstić information content (AvgIpc) is 2.25. The molecule has 0 aliphatic carbocycles. The minimum Gasteiger partial charge on any atom is -0.482 e. The summed E-state index contributed by atoms with van der Waals surface area (Å²) in [5, 5.41) is 3.28. The average molecular weight is 242 g/mol. The molecule has 0 fully saturated rings. The van der Waals surface area contributed by atoms with Crippen LogP contribution in [0.5, 0.6) is 5.75 Å². The Morgan fingerprint density at radius 3 is 2.75 bits per heavy atom. The zero-order valence-corrected chi connectivity index (χ0v) is 10.3. The standard InChI is InChI=1S/C12H16ClNO2/c1-9(2)7-14-12(15)8-16-11-6-4-3-5-10(11)13/h3-6,9H,7-8H2,1-2H3,(H,14,15). The van der Waals surface area contributed by atoms with Gasteiger partial charge in [0, 0.05) is 6.54 Å². The highest BCUT2D eigenvalue weighted by molar-refractivity contribution is 6.32. The SMILES string of the molecule is CC(C)CNC(=O)COc1ccccc1Cl. The van der Waals surface area contributed by atoms with Crippen molar-refractivity contribution in [3.05, 3.63) is 29.3 Å². The molecule has 0 aliphatic heterocycles. The Morgan fingerprint density at radius 2 is 2.12 bits per heavy atom. The molecule has 0 saturated heterocycles. The second kappa shape index (κ2) is 6.38. The highest BCUT2D eigenvalue weighted by Crippen LogP contribution is 2.22. The van der Waals surface area contributed by atoms with Crippen LogP contribution in [0, 0.1) is 5.92 Å². The predicted octanol–water partition coefficient (Wildman–Crippen LogP) is 2.49. The van der Waals surface area contributed by atoms with E-state index in [-0.39, 0.29) is 12.5 Å². The lowest BCUT2D eigenvalue weighted by molar-refractivity contribution is -0.123. The Morgan fingerprint density at radius 1 is 1.44 bits per heavy atom. The summed E-state index contributed by atoms with van der Waals surface area (Å²) < 4.78 is 5.29. The van der Waals surface area contributed by atoms with Gasteiger partial charge in [0.25, 0.3) is 5.91 Å². The van der Waals surface area contributed by atoms with Crippen LogP contribution in [-0.2, 0) is 4.79 Å². The van der Waals surface area contributed by atoms with Crippen molar-refractivity contribution in [1.29, 1.82) is 0 Å². The van der Waals surface area contributed by atoms with Crippen molar-refractivity contribution in [3.63, 3.8) is 0 Å². The Labute approximate surface area is 101 Å². The van der Waals surface area contributed by atoms with Gasteiger partial charge in [-0.15, -0.1) is 0 Å². The summed E-state index contributed by atoms with van der Waals surface area (Å²) >= 11 is 5.88. The maximum atomic E-state index is 11.4. The minimum absolute atomic E-state index is 0.00352. The van der Waals surface area contributed by atoms with Crippen molar-refractivity contribution in [3.8, 4) is 5.75 Å². The molecule has 1 aromatic rings. The molecule has 0 saturated carbocycles. The predicted molar refractivity (Wildman–Crippen MR) is 64.8 cm³/mol. The van der Waals surface area contributed by atoms with Crippen LogP contribution in [-0.4, -0.2) is 19.1 Å². The van der Waals surface area contributed by atoms with Crippen molar-refractivity contribution in [1.82, 2.24) is 5.32 Å². The number of para-hydroxylation sites is 1. The minimum atomic E-state index is -0.131. The van der Waals surface area contributed by atoms with Gasteiger partial charge in [-0.2, -0.15) is 0 Å². The van der Waals surface area contributed by atoms with E-state index in [1.54, 1.807) is 12.1 Å². The molecule has 1 rings (SSSR count). The first kappa shape index (κ1) is 12.8. The maximum Gasteiger partial charge on any atom is 0.257 e. The smallest absolute Gasteiger partial charge is 0.257 e. The van der Waals surface area contributed by atoms with Crippen LogP contribution in [0.25, 0.3) is 0 Å². The van der Waals surface area contributed by atoms with Crippen molar-refractivity contribution < 1.29 is 9.53 Å². The lowest BCUT2D eigenvalue weighted by atomic mass is 10.2. The summed E-state index contributed by atoms with van der Waals surface area (Å²) in [6.07, 6.45) is 0. The quantitative estimate of drug-likeness (QED) is 0.860. The fourth-order valence-electron chi connectivity index (χ4n) is 1.07. The monoisotopic (exact) mass is 241 g/mol. The van der Waals surface area contributed by atoms with E-state index < -0.39 is 0 Å². The normalized spacial score (nSPS) is 10.2. The highest BCUT2D eigenvalue weighted by atomic mass is 35.5. The molecule has 0 bridgehead atoms. The Hall–Kier alpha value is -1.22. The third-order valence-corrected chi connectivity index (χ3v) is 2.22. The number of hydrogen-bond acceptors (Lipinski definition) is 2. The first-order valence-electron chi connectivity index (χ1n) is 5.23. The van der Waals surface area contributed by atoms with Gasteiger partial charge in [-0.1, -0.05) is 37.6 Å². The van der Waals surface area contributed by atoms with Gasteiger partial charge in [-0.05, 0) is 18.1 Å². The van der Waals surface area contributed by atoms with Gasteiger partial charge >= 0.3 is 0 Å². The third kappa shape index (κ3) is 4.53. The number of nitrogens with one attached hydrogen (secondary N) is 1. The molecule has 0 aliphatic rings. The Kier molecular flexibility index (Phi) is 5.12. The molecule has 1 N–H and O–H groups in total. The van der Waals surface area contributed by atoms with Crippen LogP contribution in [0.1, 0.15) is 13.8 Å². The summed E-state index contributed by atoms with van der Waals surface area (Å²) in [4.78, 5) is 11.4. The molecule has 0 atom stereocenters. The molecular weight excluding hydrogens is 226 g/mol. The largest absolute Gasteiger partial charge is 0.482 e. The van der Waals surface area contributed by atoms with E-state index in [1.165, 1.54) is 0 Å². The summed E-state index contributed by atoms with van der Waals surface area (Å²) in [6.45, 7) is 4.73. The van der Waals surface area contributed by atoms with Crippen LogP contribution in [0.15, 0.2) is 24.3 Å². The Bertz CT molecular complexity index is 353. The molecule has 1 aromatic carbocycles. The van der Waals surface area contributed by atoms with Gasteiger partial charge in [0.2, 0.25) is 0 Å². The highest BCUT2D eigenvalue weighted by Gasteiger charge is 2.05. The Balaban J connectivity index is 2.35. The van der Waals surface area contributed by atoms with Gasteiger partial charge in [0.05, 0.1) is 5.02 Å². The van der Waals surface area contributed by atoms with E-state index in [1.807, 2.05) is 26.0 Å². The molecule has 0 unspecified atom stereocenters. The van der Waals surface area contributed by atoms with Crippen LogP contribution >= 0.6 is 11.6 Å². The van der Waals surface area contributed by atoms with Crippen LogP contribution in [0.4, 0.5) is 0 Å². The van der Waals surface area contributed by atoms with Crippen molar-refractivity contribution >= 4 is 17.5 Å². The second-order valence-corrected chi connectivity index (χ2v) is 4.32. The van der Waals surface area contributed by atoms with E-state index in [0.29, 0.717) is 23.2 Å². The molecule has 0 radical (unpaired) electrons. The molecule has 16 heavy (non-hydrogen) atoms. The number of rotatable bonds is 5. The van der Waals surface area contributed by atoms with E-state index in [0.717, 1.165) is 0 Å². The summed E-state index contributed by atoms with van der Waals surface area (Å²) in [5.74, 6) is 0.835. The van der Waals surface area contributed by atoms with Crippen molar-refractivity contribution in [2.75, 3.05) is 13.2 Å². The summed E-state index contributed by atoms with van der Waals surface area (Å²) in [6, 6.07) is 7.09. The number of halogens is 1. The van der Waals surface area contributed by atoms with Crippen molar-refractivity contribution in [2.45, 2.75) is 13.8 Å². The van der Waals surface area contributed by atoms with Crippen LogP contribution < -0.4 is 10.1 Å². The molecule has 0 aromatic heterocycles. The van der Waals surface area contributed by atoms with E-state index >= 15 is 0 Å². The number of carbonyl (C=O) groups is 1. The van der Waals surface area contributed by atoms with Gasteiger partial charge in [-0.25, -0.2) is 0 Å². The third-order valence-electron chi connectivity index (χ3n) is 1.90. The van der Waals surface area contributed by atoms with E-state index in [9.17, 15) is 4.79 Å². The van der Waals surface area contributed by atoms with Crippen LogP contribution in [0.2, 0.25) is 5.02 Å². The molecule has 88 valence electrons. The van der Waals surface area contributed by atoms with E-state index in [2.05, 4.69) is 5.32 Å². The van der Waals surface area contributed by atoms with Gasteiger partial charge < -0.3 is 10.1 Å². The zero-order chi connectivity index (χ0) is 12.0. The zero-order valence-electron chi connectivity index (χ0n) is 9.50. The number of hydrogen-bond donors (Lipinski definition) is 1. The molecular formula is C12H16ClNO2. The second-order valence-electron chi connectivity index (χ2n) is 3.92. The first-order valence-corrected chi connectivity index (χ1v) is 5.61. The number of amides is 1.